The Morgan fingerprint density at radius 2 is 2.00 bits per heavy atom. The van der Waals surface area contributed by atoms with Crippen LogP contribution in [0.5, 0.6) is 5.75 Å². The van der Waals surface area contributed by atoms with Gasteiger partial charge in [0.1, 0.15) is 11.6 Å². The SMILES string of the molecule is COc1ccc(C(Cl)C2(C)CCCC2)c(F)c1. The summed E-state index contributed by atoms with van der Waals surface area (Å²) >= 11 is 6.47. The van der Waals surface area contributed by atoms with Gasteiger partial charge in [0.25, 0.3) is 0 Å². The molecule has 3 heteroatoms. The zero-order valence-corrected chi connectivity index (χ0v) is 11.1. The van der Waals surface area contributed by atoms with Crippen LogP contribution in [0.15, 0.2) is 18.2 Å². The van der Waals surface area contributed by atoms with Crippen LogP contribution in [0, 0.1) is 11.2 Å². The van der Waals surface area contributed by atoms with Gasteiger partial charge in [0.2, 0.25) is 0 Å². The summed E-state index contributed by atoms with van der Waals surface area (Å²) in [7, 11) is 1.53. The number of benzene rings is 1. The quantitative estimate of drug-likeness (QED) is 0.713. The molecule has 1 aliphatic carbocycles. The van der Waals surface area contributed by atoms with E-state index >= 15 is 0 Å². The third-order valence-electron chi connectivity index (χ3n) is 3.84. The van der Waals surface area contributed by atoms with E-state index in [9.17, 15) is 4.39 Å². The molecule has 0 aromatic heterocycles. The fraction of sp³-hybridized carbons (Fsp3) is 0.571. The molecule has 0 amide bonds. The molecule has 1 fully saturated rings. The monoisotopic (exact) mass is 256 g/mol. The molecule has 1 aromatic rings. The lowest BCUT2D eigenvalue weighted by atomic mass is 9.81. The van der Waals surface area contributed by atoms with Gasteiger partial charge in [-0.1, -0.05) is 25.8 Å². The van der Waals surface area contributed by atoms with Crippen molar-refractivity contribution in [3.8, 4) is 5.75 Å². The molecule has 0 heterocycles. The Balaban J connectivity index is 2.27. The molecule has 0 spiro atoms. The van der Waals surface area contributed by atoms with Gasteiger partial charge in [-0.3, -0.25) is 0 Å². The van der Waals surface area contributed by atoms with Crippen LogP contribution in [0.25, 0.3) is 0 Å². The van der Waals surface area contributed by atoms with Crippen LogP contribution in [0.2, 0.25) is 0 Å². The van der Waals surface area contributed by atoms with Gasteiger partial charge in [-0.15, -0.1) is 11.6 Å². The van der Waals surface area contributed by atoms with E-state index in [1.807, 2.05) is 0 Å². The molecule has 0 radical (unpaired) electrons. The number of hydrogen-bond acceptors (Lipinski definition) is 1. The zero-order chi connectivity index (χ0) is 12.5. The maximum Gasteiger partial charge on any atom is 0.131 e. The highest BCUT2D eigenvalue weighted by molar-refractivity contribution is 6.21. The lowest BCUT2D eigenvalue weighted by molar-refractivity contribution is 0.316. The second-order valence-electron chi connectivity index (χ2n) is 5.11. The zero-order valence-electron chi connectivity index (χ0n) is 10.3. The molecule has 0 aliphatic heterocycles. The van der Waals surface area contributed by atoms with Crippen LogP contribution in [0.1, 0.15) is 43.5 Å². The van der Waals surface area contributed by atoms with E-state index in [4.69, 9.17) is 16.3 Å². The fourth-order valence-electron chi connectivity index (χ4n) is 2.65. The standard InChI is InChI=1S/C14H18ClFO/c1-14(7-3-4-8-14)13(15)11-6-5-10(17-2)9-12(11)16/h5-6,9,13H,3-4,7-8H2,1-2H3. The maximum absolute atomic E-state index is 13.9. The van der Waals surface area contributed by atoms with Gasteiger partial charge in [-0.05, 0) is 24.3 Å². The number of halogens is 2. The van der Waals surface area contributed by atoms with E-state index in [1.165, 1.54) is 26.0 Å². The van der Waals surface area contributed by atoms with Crippen molar-refractivity contribution < 1.29 is 9.13 Å². The normalized spacial score (nSPS) is 20.2. The summed E-state index contributed by atoms with van der Waals surface area (Å²) < 4.78 is 18.9. The highest BCUT2D eigenvalue weighted by Gasteiger charge is 2.37. The summed E-state index contributed by atoms with van der Waals surface area (Å²) in [6.07, 6.45) is 4.54. The molecule has 1 saturated carbocycles. The lowest BCUT2D eigenvalue weighted by Gasteiger charge is -2.30. The smallest absolute Gasteiger partial charge is 0.131 e. The Bertz CT molecular complexity index is 399. The number of rotatable bonds is 3. The molecule has 2 rings (SSSR count). The summed E-state index contributed by atoms with van der Waals surface area (Å²) in [5.74, 6) is 0.268. The Morgan fingerprint density at radius 1 is 1.35 bits per heavy atom. The van der Waals surface area contributed by atoms with Crippen LogP contribution < -0.4 is 4.74 Å². The van der Waals surface area contributed by atoms with Crippen LogP contribution in [0.4, 0.5) is 4.39 Å². The third-order valence-corrected chi connectivity index (χ3v) is 4.60. The second-order valence-corrected chi connectivity index (χ2v) is 5.55. The molecule has 17 heavy (non-hydrogen) atoms. The van der Waals surface area contributed by atoms with Crippen LogP contribution >= 0.6 is 11.6 Å². The van der Waals surface area contributed by atoms with Gasteiger partial charge in [0.15, 0.2) is 0 Å². The Morgan fingerprint density at radius 3 is 2.53 bits per heavy atom. The summed E-state index contributed by atoms with van der Waals surface area (Å²) in [5.41, 5.74) is 0.619. The van der Waals surface area contributed by atoms with Crippen molar-refractivity contribution in [2.45, 2.75) is 38.0 Å². The van der Waals surface area contributed by atoms with Gasteiger partial charge in [0, 0.05) is 11.6 Å². The van der Waals surface area contributed by atoms with Crippen LogP contribution in [-0.4, -0.2) is 7.11 Å². The molecule has 0 bridgehead atoms. The van der Waals surface area contributed by atoms with E-state index in [0.717, 1.165) is 12.8 Å². The van der Waals surface area contributed by atoms with Gasteiger partial charge in [-0.2, -0.15) is 0 Å². The number of ether oxygens (including phenoxy) is 1. The van der Waals surface area contributed by atoms with E-state index in [0.29, 0.717) is 11.3 Å². The Labute approximate surface area is 107 Å². The molecule has 1 nitrogen and oxygen atoms in total. The van der Waals surface area contributed by atoms with E-state index in [2.05, 4.69) is 6.92 Å². The topological polar surface area (TPSA) is 9.23 Å². The van der Waals surface area contributed by atoms with E-state index in [-0.39, 0.29) is 16.6 Å². The third kappa shape index (κ3) is 2.42. The molecule has 1 unspecified atom stereocenters. The number of hydrogen-bond donors (Lipinski definition) is 0. The summed E-state index contributed by atoms with van der Waals surface area (Å²) in [5, 5.41) is -0.254. The van der Waals surface area contributed by atoms with Crippen molar-refractivity contribution in [2.75, 3.05) is 7.11 Å². The molecule has 0 N–H and O–H groups in total. The number of alkyl halides is 1. The first-order chi connectivity index (χ1) is 8.07. The van der Waals surface area contributed by atoms with Crippen molar-refractivity contribution in [3.63, 3.8) is 0 Å². The minimum absolute atomic E-state index is 0.0248. The van der Waals surface area contributed by atoms with Crippen molar-refractivity contribution in [1.82, 2.24) is 0 Å². The molecule has 1 aliphatic rings. The average Bonchev–Trinajstić information content (AvgIpc) is 2.76. The highest BCUT2D eigenvalue weighted by Crippen LogP contribution is 2.51. The molecule has 94 valence electrons. The van der Waals surface area contributed by atoms with Crippen molar-refractivity contribution in [3.05, 3.63) is 29.6 Å². The first kappa shape index (κ1) is 12.7. The molecular weight excluding hydrogens is 239 g/mol. The predicted molar refractivity (Wildman–Crippen MR) is 68.1 cm³/mol. The van der Waals surface area contributed by atoms with Crippen LogP contribution in [0.3, 0.4) is 0 Å². The molecular formula is C14H18ClFO. The van der Waals surface area contributed by atoms with Crippen LogP contribution in [-0.2, 0) is 0 Å². The second kappa shape index (κ2) is 4.85. The highest BCUT2D eigenvalue weighted by atomic mass is 35.5. The summed E-state index contributed by atoms with van der Waals surface area (Å²) in [4.78, 5) is 0. The largest absolute Gasteiger partial charge is 0.497 e. The Hall–Kier alpha value is -0.760. The minimum atomic E-state index is -0.266. The van der Waals surface area contributed by atoms with Gasteiger partial charge < -0.3 is 4.74 Å². The minimum Gasteiger partial charge on any atom is -0.497 e. The van der Waals surface area contributed by atoms with Gasteiger partial charge >= 0.3 is 0 Å². The first-order valence-corrected chi connectivity index (χ1v) is 6.48. The molecule has 1 atom stereocenters. The van der Waals surface area contributed by atoms with Gasteiger partial charge in [-0.25, -0.2) is 4.39 Å². The van der Waals surface area contributed by atoms with Crippen molar-refractivity contribution in [1.29, 1.82) is 0 Å². The van der Waals surface area contributed by atoms with E-state index < -0.39 is 0 Å². The summed E-state index contributed by atoms with van der Waals surface area (Å²) in [6, 6.07) is 4.92. The molecule has 0 saturated heterocycles. The van der Waals surface area contributed by atoms with Crippen molar-refractivity contribution >= 4 is 11.6 Å². The lowest BCUT2D eigenvalue weighted by Crippen LogP contribution is -2.19. The molecule has 1 aromatic carbocycles. The van der Waals surface area contributed by atoms with Crippen molar-refractivity contribution in [2.24, 2.45) is 5.41 Å². The maximum atomic E-state index is 13.9. The average molecular weight is 257 g/mol. The number of methoxy groups -OCH3 is 1. The summed E-state index contributed by atoms with van der Waals surface area (Å²) in [6.45, 7) is 2.15. The van der Waals surface area contributed by atoms with Gasteiger partial charge in [0.05, 0.1) is 12.5 Å². The predicted octanol–water partition coefficient (Wildman–Crippen LogP) is 4.69. The first-order valence-electron chi connectivity index (χ1n) is 6.04. The Kier molecular flexibility index (Phi) is 3.62. The fourth-order valence-corrected chi connectivity index (χ4v) is 3.05. The van der Waals surface area contributed by atoms with E-state index in [1.54, 1.807) is 12.1 Å².